The number of pyridine rings is 1. The van der Waals surface area contributed by atoms with E-state index in [9.17, 15) is 15.4 Å². The van der Waals surface area contributed by atoms with Gasteiger partial charge in [0.2, 0.25) is 0 Å². The lowest BCUT2D eigenvalue weighted by molar-refractivity contribution is -0.384. The van der Waals surface area contributed by atoms with Crippen LogP contribution in [0.1, 0.15) is 39.2 Å². The number of fused-ring (bicyclic) bond motifs is 1. The number of benzene rings is 1. The van der Waals surface area contributed by atoms with Gasteiger partial charge in [-0.15, -0.1) is 0 Å². The van der Waals surface area contributed by atoms with Crippen LogP contribution >= 0.6 is 0 Å². The molecule has 2 aromatic rings. The van der Waals surface area contributed by atoms with E-state index in [4.69, 9.17) is 0 Å². The topological polar surface area (TPSA) is 95.1 Å². The molecule has 0 radical (unpaired) electrons. The third-order valence-corrected chi connectivity index (χ3v) is 4.92. The molecule has 0 bridgehead atoms. The summed E-state index contributed by atoms with van der Waals surface area (Å²) in [5.41, 5.74) is 1.12. The van der Waals surface area contributed by atoms with Gasteiger partial charge >= 0.3 is 0 Å². The van der Waals surface area contributed by atoms with Gasteiger partial charge in [-0.1, -0.05) is 0 Å². The molecule has 1 fully saturated rings. The van der Waals surface area contributed by atoms with Crippen LogP contribution in [0, 0.1) is 21.4 Å². The van der Waals surface area contributed by atoms with Crippen molar-refractivity contribution in [2.45, 2.75) is 45.2 Å². The van der Waals surface area contributed by atoms with Gasteiger partial charge in [0, 0.05) is 42.2 Å². The van der Waals surface area contributed by atoms with Gasteiger partial charge in [0.25, 0.3) is 5.69 Å². The second-order valence-electron chi connectivity index (χ2n) is 7.70. The molecule has 0 unspecified atom stereocenters. The van der Waals surface area contributed by atoms with Crippen LogP contribution < -0.4 is 5.32 Å². The lowest BCUT2D eigenvalue weighted by Gasteiger charge is -2.41. The van der Waals surface area contributed by atoms with Crippen molar-refractivity contribution in [2.24, 2.45) is 0 Å². The molecule has 0 amide bonds. The van der Waals surface area contributed by atoms with Crippen LogP contribution in [-0.4, -0.2) is 39.5 Å². The smallest absolute Gasteiger partial charge is 0.270 e. The number of nitrogens with zero attached hydrogens (tertiary/aromatic N) is 4. The minimum absolute atomic E-state index is 0.0361. The SMILES string of the molecule is CC(C)(C)N1CCC(Nc2cc(C#N)c3cc([N+](=O)[O-])ccc3n2)CC1. The number of nitro benzene ring substituents is 1. The van der Waals surface area contributed by atoms with E-state index in [1.165, 1.54) is 12.1 Å². The summed E-state index contributed by atoms with van der Waals surface area (Å²) in [5, 5.41) is 24.3. The molecule has 26 heavy (non-hydrogen) atoms. The van der Waals surface area contributed by atoms with Crippen LogP contribution in [0.3, 0.4) is 0 Å². The Kier molecular flexibility index (Phi) is 4.79. The summed E-state index contributed by atoms with van der Waals surface area (Å²) < 4.78 is 0. The van der Waals surface area contributed by atoms with E-state index < -0.39 is 4.92 Å². The fraction of sp³-hybridized carbons (Fsp3) is 0.474. The molecule has 0 atom stereocenters. The van der Waals surface area contributed by atoms with Gasteiger partial charge in [0.05, 0.1) is 22.1 Å². The van der Waals surface area contributed by atoms with Gasteiger partial charge < -0.3 is 5.32 Å². The molecule has 3 rings (SSSR count). The summed E-state index contributed by atoms with van der Waals surface area (Å²) in [6, 6.07) is 8.55. The molecule has 7 nitrogen and oxygen atoms in total. The van der Waals surface area contributed by atoms with E-state index in [-0.39, 0.29) is 11.2 Å². The Balaban J connectivity index is 1.80. The minimum atomic E-state index is -0.463. The molecule has 1 aliphatic heterocycles. The maximum Gasteiger partial charge on any atom is 0.270 e. The molecular formula is C19H23N5O2. The predicted octanol–water partition coefficient (Wildman–Crippen LogP) is 3.69. The van der Waals surface area contributed by atoms with Crippen LogP contribution in [0.2, 0.25) is 0 Å². The van der Waals surface area contributed by atoms with Crippen molar-refractivity contribution in [3.05, 3.63) is 39.9 Å². The van der Waals surface area contributed by atoms with Crippen LogP contribution in [-0.2, 0) is 0 Å². The number of rotatable bonds is 3. The summed E-state index contributed by atoms with van der Waals surface area (Å²) in [5.74, 6) is 0.650. The second kappa shape index (κ2) is 6.89. The maximum absolute atomic E-state index is 11.0. The Morgan fingerprint density at radius 2 is 2.00 bits per heavy atom. The van der Waals surface area contributed by atoms with Crippen molar-refractivity contribution < 1.29 is 4.92 Å². The third kappa shape index (κ3) is 3.75. The number of nitriles is 1. The molecular weight excluding hydrogens is 330 g/mol. The van der Waals surface area contributed by atoms with Gasteiger partial charge in [-0.25, -0.2) is 4.98 Å². The summed E-state index contributed by atoms with van der Waals surface area (Å²) in [4.78, 5) is 17.5. The van der Waals surface area contributed by atoms with Gasteiger partial charge in [0.1, 0.15) is 5.82 Å². The fourth-order valence-corrected chi connectivity index (χ4v) is 3.40. The standard InChI is InChI=1S/C19H23N5O2/c1-19(2,3)23-8-6-14(7-9-23)21-18-10-13(12-20)16-11-15(24(25)26)4-5-17(16)22-18/h4-5,10-11,14H,6-9H2,1-3H3,(H,21,22). The normalized spacial score (nSPS) is 16.4. The Labute approximate surface area is 152 Å². The van der Waals surface area contributed by atoms with E-state index in [0.717, 1.165) is 25.9 Å². The zero-order valence-electron chi connectivity index (χ0n) is 15.3. The van der Waals surface area contributed by atoms with Gasteiger partial charge in [-0.2, -0.15) is 5.26 Å². The molecule has 136 valence electrons. The monoisotopic (exact) mass is 353 g/mol. The first-order valence-electron chi connectivity index (χ1n) is 8.79. The summed E-state index contributed by atoms with van der Waals surface area (Å²) in [6.07, 6.45) is 2.03. The number of aromatic nitrogens is 1. The number of non-ortho nitro benzene ring substituents is 1. The Bertz CT molecular complexity index is 874. The van der Waals surface area contributed by atoms with Crippen molar-refractivity contribution in [3.63, 3.8) is 0 Å². The number of anilines is 1. The number of hydrogen-bond acceptors (Lipinski definition) is 6. The number of hydrogen-bond donors (Lipinski definition) is 1. The third-order valence-electron chi connectivity index (χ3n) is 4.92. The fourth-order valence-electron chi connectivity index (χ4n) is 3.40. The summed E-state index contributed by atoms with van der Waals surface area (Å²) >= 11 is 0. The van der Waals surface area contributed by atoms with Gasteiger partial charge in [-0.3, -0.25) is 15.0 Å². The minimum Gasteiger partial charge on any atom is -0.367 e. The molecule has 7 heteroatoms. The van der Waals surface area contributed by atoms with Crippen LogP contribution in [0.15, 0.2) is 24.3 Å². The van der Waals surface area contributed by atoms with E-state index in [1.807, 2.05) is 0 Å². The lowest BCUT2D eigenvalue weighted by atomic mass is 9.98. The molecule has 1 aromatic carbocycles. The predicted molar refractivity (Wildman–Crippen MR) is 101 cm³/mol. The zero-order chi connectivity index (χ0) is 18.9. The highest BCUT2D eigenvalue weighted by Gasteiger charge is 2.27. The zero-order valence-corrected chi connectivity index (χ0v) is 15.3. The van der Waals surface area contributed by atoms with Crippen molar-refractivity contribution in [1.29, 1.82) is 5.26 Å². The number of nitrogens with one attached hydrogen (secondary N) is 1. The van der Waals surface area contributed by atoms with Crippen LogP contribution in [0.4, 0.5) is 11.5 Å². The average Bonchev–Trinajstić information content (AvgIpc) is 2.60. The number of piperidine rings is 1. The van der Waals surface area contributed by atoms with E-state index in [0.29, 0.717) is 28.3 Å². The Morgan fingerprint density at radius 3 is 2.58 bits per heavy atom. The van der Waals surface area contributed by atoms with Crippen molar-refractivity contribution in [2.75, 3.05) is 18.4 Å². The van der Waals surface area contributed by atoms with Crippen LogP contribution in [0.5, 0.6) is 0 Å². The molecule has 2 heterocycles. The molecule has 1 aromatic heterocycles. The Hall–Kier alpha value is -2.72. The highest BCUT2D eigenvalue weighted by atomic mass is 16.6. The first-order valence-corrected chi connectivity index (χ1v) is 8.79. The van der Waals surface area contributed by atoms with E-state index >= 15 is 0 Å². The highest BCUT2D eigenvalue weighted by Crippen LogP contribution is 2.27. The summed E-state index contributed by atoms with van der Waals surface area (Å²) in [7, 11) is 0. The van der Waals surface area contributed by atoms with E-state index in [1.54, 1.807) is 12.1 Å². The lowest BCUT2D eigenvalue weighted by Crippen LogP contribution is -2.48. The molecule has 0 aliphatic carbocycles. The van der Waals surface area contributed by atoms with Crippen molar-refractivity contribution >= 4 is 22.4 Å². The van der Waals surface area contributed by atoms with Crippen molar-refractivity contribution in [1.82, 2.24) is 9.88 Å². The quantitative estimate of drug-likeness (QED) is 0.668. The molecule has 1 aliphatic rings. The van der Waals surface area contributed by atoms with Gasteiger partial charge in [-0.05, 0) is 45.7 Å². The molecule has 0 spiro atoms. The number of likely N-dealkylation sites (tertiary alicyclic amines) is 1. The van der Waals surface area contributed by atoms with Crippen molar-refractivity contribution in [3.8, 4) is 6.07 Å². The first kappa shape index (κ1) is 18.1. The highest BCUT2D eigenvalue weighted by molar-refractivity contribution is 5.88. The Morgan fingerprint density at radius 1 is 1.31 bits per heavy atom. The molecule has 1 N–H and O–H groups in total. The first-order chi connectivity index (χ1) is 12.3. The second-order valence-corrected chi connectivity index (χ2v) is 7.70. The largest absolute Gasteiger partial charge is 0.367 e. The van der Waals surface area contributed by atoms with Gasteiger partial charge in [0.15, 0.2) is 0 Å². The average molecular weight is 353 g/mol. The maximum atomic E-state index is 11.0. The summed E-state index contributed by atoms with van der Waals surface area (Å²) in [6.45, 7) is 8.72. The molecule has 1 saturated heterocycles. The number of nitro groups is 1. The van der Waals surface area contributed by atoms with Crippen LogP contribution in [0.25, 0.3) is 10.9 Å². The van der Waals surface area contributed by atoms with E-state index in [2.05, 4.69) is 42.0 Å². The molecule has 0 saturated carbocycles.